The highest BCUT2D eigenvalue weighted by Gasteiger charge is 2.25. The lowest BCUT2D eigenvalue weighted by atomic mass is 9.97. The number of hydrogen-bond acceptors (Lipinski definition) is 4. The second-order valence-corrected chi connectivity index (χ2v) is 6.27. The van der Waals surface area contributed by atoms with Crippen LogP contribution < -0.4 is 5.32 Å². The predicted octanol–water partition coefficient (Wildman–Crippen LogP) is 4.45. The summed E-state index contributed by atoms with van der Waals surface area (Å²) in [5.41, 5.74) is 0.852. The van der Waals surface area contributed by atoms with Crippen LogP contribution in [0.2, 0.25) is 10.0 Å². The summed E-state index contributed by atoms with van der Waals surface area (Å²) in [5, 5.41) is 3.08. The van der Waals surface area contributed by atoms with Gasteiger partial charge in [-0.05, 0) is 25.0 Å². The number of benzene rings is 1. The normalized spacial score (nSPS) is 13.0. The fourth-order valence-corrected chi connectivity index (χ4v) is 2.69. The average Bonchev–Trinajstić information content (AvgIpc) is 2.58. The second-order valence-electron chi connectivity index (χ2n) is 5.42. The van der Waals surface area contributed by atoms with E-state index in [1.165, 1.54) is 19.2 Å². The smallest absolute Gasteiger partial charge is 0.314 e. The van der Waals surface area contributed by atoms with Crippen LogP contribution in [-0.4, -0.2) is 23.0 Å². The SMILES string of the molecule is CC[C@@H](C(=O)O[C@H](C)C(=O)Nc1ncc(Cl)cc1Cl)c1ccccc1. The Balaban J connectivity index is 2.01. The molecule has 0 saturated heterocycles. The Morgan fingerprint density at radius 3 is 2.52 bits per heavy atom. The first kappa shape index (κ1) is 19.2. The number of carbonyl (C=O) groups excluding carboxylic acids is 2. The number of rotatable bonds is 6. The maximum absolute atomic E-state index is 12.4. The first-order chi connectivity index (χ1) is 11.9. The summed E-state index contributed by atoms with van der Waals surface area (Å²) >= 11 is 11.7. The molecule has 5 nitrogen and oxygen atoms in total. The number of ether oxygens (including phenoxy) is 1. The van der Waals surface area contributed by atoms with Gasteiger partial charge in [-0.1, -0.05) is 60.5 Å². The molecule has 25 heavy (non-hydrogen) atoms. The van der Waals surface area contributed by atoms with E-state index in [-0.39, 0.29) is 10.8 Å². The van der Waals surface area contributed by atoms with Crippen molar-refractivity contribution in [1.29, 1.82) is 0 Å². The van der Waals surface area contributed by atoms with Gasteiger partial charge in [-0.15, -0.1) is 0 Å². The third-order valence-electron chi connectivity index (χ3n) is 3.61. The summed E-state index contributed by atoms with van der Waals surface area (Å²) in [6.07, 6.45) is 0.947. The van der Waals surface area contributed by atoms with Gasteiger partial charge in [0, 0.05) is 6.20 Å². The Morgan fingerprint density at radius 1 is 1.24 bits per heavy atom. The lowest BCUT2D eigenvalue weighted by Gasteiger charge is -2.18. The van der Waals surface area contributed by atoms with Gasteiger partial charge >= 0.3 is 5.97 Å². The highest BCUT2D eigenvalue weighted by Crippen LogP contribution is 2.24. The maximum Gasteiger partial charge on any atom is 0.314 e. The van der Waals surface area contributed by atoms with Crippen LogP contribution in [0.25, 0.3) is 0 Å². The Hall–Kier alpha value is -2.11. The summed E-state index contributed by atoms with van der Waals surface area (Å²) in [7, 11) is 0. The number of pyridine rings is 1. The fraction of sp³-hybridized carbons (Fsp3) is 0.278. The second kappa shape index (κ2) is 8.83. The summed E-state index contributed by atoms with van der Waals surface area (Å²) in [5.74, 6) is -1.23. The van der Waals surface area contributed by atoms with E-state index < -0.39 is 23.9 Å². The van der Waals surface area contributed by atoms with Crippen LogP contribution in [0, 0.1) is 0 Å². The molecule has 7 heteroatoms. The highest BCUT2D eigenvalue weighted by atomic mass is 35.5. The summed E-state index contributed by atoms with van der Waals surface area (Å²) in [6, 6.07) is 10.8. The first-order valence-corrected chi connectivity index (χ1v) is 8.55. The lowest BCUT2D eigenvalue weighted by Crippen LogP contribution is -2.32. The predicted molar refractivity (Wildman–Crippen MR) is 97.9 cm³/mol. The first-order valence-electron chi connectivity index (χ1n) is 7.79. The molecule has 0 aliphatic rings. The van der Waals surface area contributed by atoms with Crippen LogP contribution in [0.15, 0.2) is 42.6 Å². The van der Waals surface area contributed by atoms with Crippen LogP contribution in [-0.2, 0) is 14.3 Å². The molecule has 2 atom stereocenters. The van der Waals surface area contributed by atoms with E-state index >= 15 is 0 Å². The monoisotopic (exact) mass is 380 g/mol. The number of hydrogen-bond donors (Lipinski definition) is 1. The minimum Gasteiger partial charge on any atom is -0.452 e. The standard InChI is InChI=1S/C18H18Cl2N2O3/c1-3-14(12-7-5-4-6-8-12)18(24)25-11(2)17(23)22-16-15(20)9-13(19)10-21-16/h4-11,14H,3H2,1-2H3,(H,21,22,23)/t11-,14-/m1/s1. The molecule has 0 fully saturated rings. The van der Waals surface area contributed by atoms with E-state index in [0.717, 1.165) is 5.56 Å². The molecule has 0 spiro atoms. The number of nitrogens with zero attached hydrogens (tertiary/aromatic N) is 1. The Labute approximate surface area is 156 Å². The van der Waals surface area contributed by atoms with Crippen molar-refractivity contribution in [2.75, 3.05) is 5.32 Å². The van der Waals surface area contributed by atoms with Crippen molar-refractivity contribution in [3.63, 3.8) is 0 Å². The molecular weight excluding hydrogens is 363 g/mol. The highest BCUT2D eigenvalue weighted by molar-refractivity contribution is 6.36. The number of halogens is 2. The zero-order valence-corrected chi connectivity index (χ0v) is 15.3. The molecule has 0 saturated carbocycles. The van der Waals surface area contributed by atoms with Crippen molar-refractivity contribution in [3.8, 4) is 0 Å². The molecule has 1 aromatic carbocycles. The van der Waals surface area contributed by atoms with E-state index in [4.69, 9.17) is 27.9 Å². The Kier molecular flexibility index (Phi) is 6.79. The minimum atomic E-state index is -0.987. The van der Waals surface area contributed by atoms with Crippen LogP contribution in [0.1, 0.15) is 31.7 Å². The molecule has 0 radical (unpaired) electrons. The van der Waals surface area contributed by atoms with Crippen LogP contribution in [0.5, 0.6) is 0 Å². The third kappa shape index (κ3) is 5.18. The van der Waals surface area contributed by atoms with Gasteiger partial charge < -0.3 is 10.1 Å². The van der Waals surface area contributed by atoms with Gasteiger partial charge in [0.25, 0.3) is 5.91 Å². The number of amides is 1. The number of esters is 1. The third-order valence-corrected chi connectivity index (χ3v) is 4.10. The van der Waals surface area contributed by atoms with Crippen LogP contribution in [0.4, 0.5) is 5.82 Å². The van der Waals surface area contributed by atoms with Gasteiger partial charge in [-0.2, -0.15) is 0 Å². The van der Waals surface area contributed by atoms with Crippen molar-refractivity contribution in [3.05, 3.63) is 58.2 Å². The van der Waals surface area contributed by atoms with E-state index in [9.17, 15) is 9.59 Å². The topological polar surface area (TPSA) is 68.3 Å². The van der Waals surface area contributed by atoms with Crippen molar-refractivity contribution >= 4 is 40.9 Å². The largest absolute Gasteiger partial charge is 0.452 e. The van der Waals surface area contributed by atoms with Gasteiger partial charge in [-0.3, -0.25) is 9.59 Å². The molecule has 1 amide bonds. The fourth-order valence-electron chi connectivity index (χ4n) is 2.26. The number of anilines is 1. The summed E-state index contributed by atoms with van der Waals surface area (Å²) in [6.45, 7) is 3.38. The number of nitrogens with one attached hydrogen (secondary N) is 1. The van der Waals surface area contributed by atoms with Crippen molar-refractivity contribution < 1.29 is 14.3 Å². The average molecular weight is 381 g/mol. The molecule has 2 rings (SSSR count). The van der Waals surface area contributed by atoms with Gasteiger partial charge in [-0.25, -0.2) is 4.98 Å². The van der Waals surface area contributed by atoms with Gasteiger partial charge in [0.1, 0.15) is 0 Å². The molecule has 1 heterocycles. The van der Waals surface area contributed by atoms with Crippen molar-refractivity contribution in [1.82, 2.24) is 4.98 Å². The zero-order valence-electron chi connectivity index (χ0n) is 13.8. The number of aromatic nitrogens is 1. The van der Waals surface area contributed by atoms with Crippen LogP contribution in [0.3, 0.4) is 0 Å². The van der Waals surface area contributed by atoms with E-state index in [0.29, 0.717) is 11.4 Å². The minimum absolute atomic E-state index is 0.161. The molecule has 0 unspecified atom stereocenters. The van der Waals surface area contributed by atoms with Crippen molar-refractivity contribution in [2.45, 2.75) is 32.3 Å². The van der Waals surface area contributed by atoms with E-state index in [1.54, 1.807) is 0 Å². The quantitative estimate of drug-likeness (QED) is 0.751. The molecule has 0 aliphatic heterocycles. The molecule has 132 valence electrons. The molecule has 1 N–H and O–H groups in total. The Bertz CT molecular complexity index is 753. The maximum atomic E-state index is 12.4. The lowest BCUT2D eigenvalue weighted by molar-refractivity contribution is -0.154. The van der Waals surface area contributed by atoms with E-state index in [1.807, 2.05) is 37.3 Å². The van der Waals surface area contributed by atoms with Gasteiger partial charge in [0.2, 0.25) is 0 Å². The summed E-state index contributed by atoms with van der Waals surface area (Å²) < 4.78 is 5.31. The van der Waals surface area contributed by atoms with E-state index in [2.05, 4.69) is 10.3 Å². The van der Waals surface area contributed by atoms with Crippen LogP contribution >= 0.6 is 23.2 Å². The molecular formula is C18H18Cl2N2O3. The number of carbonyl (C=O) groups is 2. The van der Waals surface area contributed by atoms with Crippen molar-refractivity contribution in [2.24, 2.45) is 0 Å². The molecule has 0 aliphatic carbocycles. The molecule has 1 aromatic heterocycles. The van der Waals surface area contributed by atoms with Gasteiger partial charge in [0.05, 0.1) is 16.0 Å². The Morgan fingerprint density at radius 2 is 1.92 bits per heavy atom. The zero-order chi connectivity index (χ0) is 18.4. The molecule has 0 bridgehead atoms. The molecule has 2 aromatic rings. The van der Waals surface area contributed by atoms with Gasteiger partial charge in [0.15, 0.2) is 11.9 Å². The summed E-state index contributed by atoms with van der Waals surface area (Å²) in [4.78, 5) is 28.5.